The van der Waals surface area contributed by atoms with Crippen LogP contribution in [0.25, 0.3) is 0 Å². The molecule has 0 radical (unpaired) electrons. The Balaban J connectivity index is 1.97. The fourth-order valence-electron chi connectivity index (χ4n) is 2.01. The maximum atomic E-state index is 4.10. The van der Waals surface area contributed by atoms with Gasteiger partial charge in [-0.15, -0.1) is 23.5 Å². The van der Waals surface area contributed by atoms with E-state index in [0.717, 1.165) is 9.81 Å². The molecule has 0 aliphatic carbocycles. The van der Waals surface area contributed by atoms with Crippen molar-refractivity contribution in [2.24, 2.45) is 0 Å². The van der Waals surface area contributed by atoms with Crippen LogP contribution in [0.4, 0.5) is 0 Å². The first-order valence-corrected chi connectivity index (χ1v) is 13.7. The molecule has 0 bridgehead atoms. The Kier molecular flexibility index (Phi) is 10.4. The topological polar surface area (TPSA) is 0 Å². The van der Waals surface area contributed by atoms with Crippen molar-refractivity contribution in [2.75, 3.05) is 11.5 Å². The number of hydrogen-bond donors (Lipinski definition) is 0. The van der Waals surface area contributed by atoms with Crippen LogP contribution in [0.1, 0.15) is 52.4 Å². The monoisotopic (exact) mass is 434 g/mol. The second-order valence-electron chi connectivity index (χ2n) is 5.52. The normalized spacial score (nSPS) is 18.4. The minimum absolute atomic E-state index is 1.12. The predicted molar refractivity (Wildman–Crippen MR) is 127 cm³/mol. The predicted octanol–water partition coefficient (Wildman–Crippen LogP) is 9.07. The summed E-state index contributed by atoms with van der Waals surface area (Å²) >= 11 is 11.7. The smallest absolute Gasteiger partial charge is 0.0717 e. The number of thioether (sulfide) groups is 6. The molecule has 0 aromatic rings. The zero-order valence-corrected chi connectivity index (χ0v) is 19.4. The zero-order chi connectivity index (χ0) is 17.4. The molecule has 0 N–H and O–H groups in total. The molecule has 0 aromatic heterocycles. The van der Waals surface area contributed by atoms with Gasteiger partial charge in [0.05, 0.1) is 16.9 Å². The van der Waals surface area contributed by atoms with Crippen LogP contribution in [-0.2, 0) is 0 Å². The van der Waals surface area contributed by atoms with Gasteiger partial charge < -0.3 is 0 Å². The van der Waals surface area contributed by atoms with Gasteiger partial charge in [-0.25, -0.2) is 0 Å². The maximum absolute atomic E-state index is 4.10. The first-order chi connectivity index (χ1) is 11.7. The Morgan fingerprint density at radius 3 is 1.50 bits per heavy atom. The Morgan fingerprint density at radius 2 is 1.08 bits per heavy atom. The van der Waals surface area contributed by atoms with Crippen molar-refractivity contribution in [1.82, 2.24) is 0 Å². The van der Waals surface area contributed by atoms with Gasteiger partial charge in [0, 0.05) is 9.81 Å². The molecule has 134 valence electrons. The minimum atomic E-state index is 1.12. The molecule has 0 unspecified atom stereocenters. The van der Waals surface area contributed by atoms with Crippen LogP contribution in [0, 0.1) is 0 Å². The van der Waals surface area contributed by atoms with E-state index >= 15 is 0 Å². The minimum Gasteiger partial charge on any atom is -0.117 e. The molecular weight excluding hydrogens is 409 g/mol. The lowest BCUT2D eigenvalue weighted by molar-refractivity contribution is 0.779. The molecule has 1 saturated heterocycles. The van der Waals surface area contributed by atoms with Crippen molar-refractivity contribution in [2.45, 2.75) is 52.4 Å². The highest BCUT2D eigenvalue weighted by Gasteiger charge is 2.29. The fourth-order valence-corrected chi connectivity index (χ4v) is 10.5. The van der Waals surface area contributed by atoms with E-state index in [4.69, 9.17) is 0 Å². The van der Waals surface area contributed by atoms with Crippen LogP contribution in [0.3, 0.4) is 0 Å². The van der Waals surface area contributed by atoms with Crippen molar-refractivity contribution in [1.29, 1.82) is 0 Å². The van der Waals surface area contributed by atoms with Gasteiger partial charge in [0.1, 0.15) is 0 Å². The largest absolute Gasteiger partial charge is 0.117 e. The SMILES string of the molecule is C=C1SC(=C2SC(SCCCCC)=C(SCCCCC)S2)SC1=C. The summed E-state index contributed by atoms with van der Waals surface area (Å²) in [5, 5.41) is 0. The Bertz CT molecular complexity index is 488. The summed E-state index contributed by atoms with van der Waals surface area (Å²) in [4.78, 5) is 2.23. The lowest BCUT2D eigenvalue weighted by Crippen LogP contribution is -1.82. The zero-order valence-electron chi connectivity index (χ0n) is 14.5. The van der Waals surface area contributed by atoms with Crippen LogP contribution in [0.2, 0.25) is 0 Å². The average molecular weight is 435 g/mol. The summed E-state index contributed by atoms with van der Waals surface area (Å²) in [5.41, 5.74) is 0. The van der Waals surface area contributed by atoms with E-state index in [-0.39, 0.29) is 0 Å². The van der Waals surface area contributed by atoms with E-state index < -0.39 is 0 Å². The molecule has 6 heteroatoms. The second kappa shape index (κ2) is 11.7. The van der Waals surface area contributed by atoms with E-state index in [9.17, 15) is 0 Å². The van der Waals surface area contributed by atoms with E-state index in [1.165, 1.54) is 67.0 Å². The lowest BCUT2D eigenvalue weighted by Gasteiger charge is -2.04. The summed E-state index contributed by atoms with van der Waals surface area (Å²) in [6.45, 7) is 12.7. The van der Waals surface area contributed by atoms with Crippen LogP contribution in [0.5, 0.6) is 0 Å². The molecule has 1 fully saturated rings. The van der Waals surface area contributed by atoms with Crippen molar-refractivity contribution in [3.05, 3.63) is 39.9 Å². The highest BCUT2D eigenvalue weighted by molar-refractivity contribution is 8.42. The van der Waals surface area contributed by atoms with Crippen molar-refractivity contribution < 1.29 is 0 Å². The van der Waals surface area contributed by atoms with Gasteiger partial charge in [0.2, 0.25) is 0 Å². The number of rotatable bonds is 10. The summed E-state index contributed by atoms with van der Waals surface area (Å²) < 4.78 is 5.89. The van der Waals surface area contributed by atoms with Crippen molar-refractivity contribution in [3.63, 3.8) is 0 Å². The molecular formula is C18H26S6. The van der Waals surface area contributed by atoms with Crippen molar-refractivity contribution >= 4 is 70.6 Å². The van der Waals surface area contributed by atoms with Gasteiger partial charge in [0.15, 0.2) is 0 Å². The van der Waals surface area contributed by atoms with Crippen LogP contribution in [-0.4, -0.2) is 11.5 Å². The standard InChI is InChI=1S/C18H26S6/c1-5-7-9-11-19-15-16(20-12-10-8-6-2)24-18(23-15)17-21-13(3)14(4)22-17/h3-12H2,1-2H3. The molecule has 0 amide bonds. The second-order valence-corrected chi connectivity index (χ2v) is 13.0. The first-order valence-electron chi connectivity index (χ1n) is 8.49. The lowest BCUT2D eigenvalue weighted by atomic mass is 10.3. The molecule has 2 heterocycles. The molecule has 0 aromatic carbocycles. The van der Waals surface area contributed by atoms with E-state index in [0.29, 0.717) is 0 Å². The quantitative estimate of drug-likeness (QED) is 0.312. The molecule has 0 spiro atoms. The van der Waals surface area contributed by atoms with E-state index in [2.05, 4.69) is 50.5 Å². The fraction of sp³-hybridized carbons (Fsp3) is 0.556. The summed E-state index contributed by atoms with van der Waals surface area (Å²) in [7, 11) is 0. The Morgan fingerprint density at radius 1 is 0.667 bits per heavy atom. The van der Waals surface area contributed by atoms with Crippen LogP contribution >= 0.6 is 70.6 Å². The molecule has 0 atom stereocenters. The van der Waals surface area contributed by atoms with Crippen molar-refractivity contribution in [3.8, 4) is 0 Å². The highest BCUT2D eigenvalue weighted by Crippen LogP contribution is 2.64. The highest BCUT2D eigenvalue weighted by atomic mass is 32.3. The van der Waals surface area contributed by atoms with E-state index in [1.54, 1.807) is 23.5 Å². The first kappa shape index (κ1) is 21.4. The molecule has 2 aliphatic heterocycles. The van der Waals surface area contributed by atoms with E-state index in [1.807, 2.05) is 23.5 Å². The Labute approximate surface area is 173 Å². The van der Waals surface area contributed by atoms with Gasteiger partial charge in [-0.3, -0.25) is 0 Å². The molecule has 0 saturated carbocycles. The van der Waals surface area contributed by atoms with Crippen LogP contribution < -0.4 is 0 Å². The third-order valence-corrected chi connectivity index (χ3v) is 12.0. The summed E-state index contributed by atoms with van der Waals surface area (Å²) in [6.07, 6.45) is 7.94. The van der Waals surface area contributed by atoms with Gasteiger partial charge >= 0.3 is 0 Å². The van der Waals surface area contributed by atoms with Gasteiger partial charge in [-0.05, 0) is 24.3 Å². The van der Waals surface area contributed by atoms with Gasteiger partial charge in [0.25, 0.3) is 0 Å². The summed E-state index contributed by atoms with van der Waals surface area (Å²) in [5.74, 6) is 2.50. The molecule has 2 rings (SSSR count). The van der Waals surface area contributed by atoms with Crippen LogP contribution in [0.15, 0.2) is 39.9 Å². The van der Waals surface area contributed by atoms with Gasteiger partial charge in [-0.2, -0.15) is 0 Å². The molecule has 0 nitrogen and oxygen atoms in total. The average Bonchev–Trinajstić information content (AvgIpc) is 3.12. The molecule has 24 heavy (non-hydrogen) atoms. The summed E-state index contributed by atoms with van der Waals surface area (Å²) in [6, 6.07) is 0. The third kappa shape index (κ3) is 6.66. The third-order valence-electron chi connectivity index (χ3n) is 3.41. The maximum Gasteiger partial charge on any atom is 0.0717 e. The van der Waals surface area contributed by atoms with Gasteiger partial charge in [-0.1, -0.05) is 99.7 Å². The number of hydrogen-bond acceptors (Lipinski definition) is 6. The molecule has 2 aliphatic rings. The number of unbranched alkanes of at least 4 members (excludes halogenated alkanes) is 4. The Hall–Kier alpha value is 1.06.